The van der Waals surface area contributed by atoms with Crippen LogP contribution in [-0.4, -0.2) is 26.6 Å². The van der Waals surface area contributed by atoms with Crippen LogP contribution in [0.2, 0.25) is 0 Å². The molecule has 5 heteroatoms. The molecular formula is C9H13BrN2O2. The van der Waals surface area contributed by atoms with Crippen molar-refractivity contribution in [1.82, 2.24) is 4.98 Å². The van der Waals surface area contributed by atoms with E-state index in [0.717, 1.165) is 5.69 Å². The number of nitrogens with zero attached hydrogens (tertiary/aromatic N) is 1. The van der Waals surface area contributed by atoms with Crippen LogP contribution in [-0.2, 0) is 0 Å². The molecule has 0 aliphatic rings. The van der Waals surface area contributed by atoms with Crippen molar-refractivity contribution in [2.75, 3.05) is 11.1 Å². The molecule has 1 rings (SSSR count). The summed E-state index contributed by atoms with van der Waals surface area (Å²) in [6.07, 6.45) is -1.94. The average Bonchev–Trinajstić information content (AvgIpc) is 2.19. The summed E-state index contributed by atoms with van der Waals surface area (Å²) >= 11 is 3.08. The molecule has 0 fully saturated rings. The topological polar surface area (TPSA) is 79.4 Å². The summed E-state index contributed by atoms with van der Waals surface area (Å²) in [5.74, 6) is 0. The molecular weight excluding hydrogens is 248 g/mol. The second-order valence-corrected chi connectivity index (χ2v) is 3.74. The normalized spacial score (nSPS) is 15.1. The van der Waals surface area contributed by atoms with E-state index in [9.17, 15) is 10.2 Å². The molecule has 1 heterocycles. The Hall–Kier alpha value is -0.650. The first-order chi connectivity index (χ1) is 6.56. The number of alkyl halides is 1. The fourth-order valence-corrected chi connectivity index (χ4v) is 1.45. The highest BCUT2D eigenvalue weighted by Crippen LogP contribution is 2.22. The second kappa shape index (κ2) is 4.72. The summed E-state index contributed by atoms with van der Waals surface area (Å²) in [5, 5.41) is 19.4. The Morgan fingerprint density at radius 2 is 2.14 bits per heavy atom. The van der Waals surface area contributed by atoms with Crippen molar-refractivity contribution < 1.29 is 10.2 Å². The SMILES string of the molecule is Cc1ccc(N)c(C(O)C(O)CBr)n1. The highest BCUT2D eigenvalue weighted by molar-refractivity contribution is 9.09. The maximum Gasteiger partial charge on any atom is 0.125 e. The number of aliphatic hydroxyl groups excluding tert-OH is 2. The molecule has 0 saturated carbocycles. The molecule has 4 nitrogen and oxygen atoms in total. The van der Waals surface area contributed by atoms with Crippen molar-refractivity contribution in [2.24, 2.45) is 0 Å². The van der Waals surface area contributed by atoms with Gasteiger partial charge in [-0.2, -0.15) is 0 Å². The van der Waals surface area contributed by atoms with Crippen LogP contribution in [0.1, 0.15) is 17.5 Å². The quantitative estimate of drug-likeness (QED) is 0.702. The molecule has 0 aliphatic heterocycles. The van der Waals surface area contributed by atoms with E-state index in [0.29, 0.717) is 11.4 Å². The maximum absolute atomic E-state index is 9.67. The van der Waals surface area contributed by atoms with Gasteiger partial charge < -0.3 is 15.9 Å². The van der Waals surface area contributed by atoms with E-state index in [2.05, 4.69) is 20.9 Å². The molecule has 1 aromatic rings. The number of pyridine rings is 1. The van der Waals surface area contributed by atoms with E-state index in [1.165, 1.54) is 0 Å². The number of anilines is 1. The lowest BCUT2D eigenvalue weighted by molar-refractivity contribution is 0.0319. The van der Waals surface area contributed by atoms with Gasteiger partial charge in [-0.1, -0.05) is 15.9 Å². The molecule has 4 N–H and O–H groups in total. The summed E-state index contributed by atoms with van der Waals surface area (Å²) in [4.78, 5) is 4.09. The molecule has 2 atom stereocenters. The zero-order valence-electron chi connectivity index (χ0n) is 7.81. The predicted molar refractivity (Wildman–Crippen MR) is 58.1 cm³/mol. The number of hydrogen-bond acceptors (Lipinski definition) is 4. The first kappa shape index (κ1) is 11.4. The molecule has 0 bridgehead atoms. The molecule has 0 radical (unpaired) electrons. The van der Waals surface area contributed by atoms with E-state index in [1.54, 1.807) is 19.1 Å². The van der Waals surface area contributed by atoms with Gasteiger partial charge in [-0.3, -0.25) is 4.98 Å². The van der Waals surface area contributed by atoms with Gasteiger partial charge >= 0.3 is 0 Å². The Balaban J connectivity index is 2.99. The second-order valence-electron chi connectivity index (χ2n) is 3.09. The molecule has 78 valence electrons. The third-order valence-corrected chi connectivity index (χ3v) is 2.56. The minimum atomic E-state index is -1.05. The third kappa shape index (κ3) is 2.43. The van der Waals surface area contributed by atoms with Crippen molar-refractivity contribution in [3.63, 3.8) is 0 Å². The Morgan fingerprint density at radius 3 is 2.71 bits per heavy atom. The van der Waals surface area contributed by atoms with Gasteiger partial charge in [0, 0.05) is 11.0 Å². The van der Waals surface area contributed by atoms with Gasteiger partial charge in [0.25, 0.3) is 0 Å². The monoisotopic (exact) mass is 260 g/mol. The van der Waals surface area contributed by atoms with Gasteiger partial charge in [0.2, 0.25) is 0 Å². The van der Waals surface area contributed by atoms with E-state index >= 15 is 0 Å². The van der Waals surface area contributed by atoms with Crippen molar-refractivity contribution in [1.29, 1.82) is 0 Å². The Kier molecular flexibility index (Phi) is 3.86. The Bertz CT molecular complexity index is 320. The number of hydrogen-bond donors (Lipinski definition) is 3. The minimum absolute atomic E-state index is 0.281. The summed E-state index contributed by atoms with van der Waals surface area (Å²) in [6, 6.07) is 3.42. The zero-order chi connectivity index (χ0) is 10.7. The van der Waals surface area contributed by atoms with E-state index in [4.69, 9.17) is 5.73 Å². The van der Waals surface area contributed by atoms with Crippen LogP contribution < -0.4 is 5.73 Å². The van der Waals surface area contributed by atoms with Crippen LogP contribution in [0.4, 0.5) is 5.69 Å². The minimum Gasteiger partial charge on any atom is -0.397 e. The summed E-state index contributed by atoms with van der Waals surface area (Å²) in [5.41, 5.74) is 7.12. The standard InChI is InChI=1S/C9H13BrN2O2/c1-5-2-3-6(11)8(12-5)9(14)7(13)4-10/h2-3,7,9,13-14H,4,11H2,1H3. The molecule has 0 saturated heterocycles. The van der Waals surface area contributed by atoms with Crippen LogP contribution in [0.25, 0.3) is 0 Å². The first-order valence-electron chi connectivity index (χ1n) is 4.21. The summed E-state index contributed by atoms with van der Waals surface area (Å²) in [7, 11) is 0. The third-order valence-electron chi connectivity index (χ3n) is 1.90. The fourth-order valence-electron chi connectivity index (χ4n) is 1.09. The highest BCUT2D eigenvalue weighted by Gasteiger charge is 2.20. The number of nitrogens with two attached hydrogens (primary N) is 1. The number of rotatable bonds is 3. The van der Waals surface area contributed by atoms with Gasteiger partial charge in [-0.05, 0) is 19.1 Å². The lowest BCUT2D eigenvalue weighted by Crippen LogP contribution is -2.21. The van der Waals surface area contributed by atoms with Crippen LogP contribution in [0.15, 0.2) is 12.1 Å². The summed E-state index contributed by atoms with van der Waals surface area (Å²) in [6.45, 7) is 1.80. The van der Waals surface area contributed by atoms with Crippen LogP contribution in [0.3, 0.4) is 0 Å². The number of aromatic nitrogens is 1. The molecule has 2 unspecified atom stereocenters. The Labute approximate surface area is 90.9 Å². The number of halogens is 1. The van der Waals surface area contributed by atoms with Crippen LogP contribution >= 0.6 is 15.9 Å². The predicted octanol–water partition coefficient (Wildman–Crippen LogP) is 0.761. The summed E-state index contributed by atoms with van der Waals surface area (Å²) < 4.78 is 0. The lowest BCUT2D eigenvalue weighted by Gasteiger charge is -2.16. The zero-order valence-corrected chi connectivity index (χ0v) is 9.40. The van der Waals surface area contributed by atoms with E-state index in [-0.39, 0.29) is 5.33 Å². The van der Waals surface area contributed by atoms with Gasteiger partial charge in [-0.15, -0.1) is 0 Å². The highest BCUT2D eigenvalue weighted by atomic mass is 79.9. The fraction of sp³-hybridized carbons (Fsp3) is 0.444. The smallest absolute Gasteiger partial charge is 0.125 e. The number of aliphatic hydroxyl groups is 2. The van der Waals surface area contributed by atoms with Crippen molar-refractivity contribution in [3.8, 4) is 0 Å². The van der Waals surface area contributed by atoms with Gasteiger partial charge in [0.1, 0.15) is 6.10 Å². The lowest BCUT2D eigenvalue weighted by atomic mass is 10.1. The Morgan fingerprint density at radius 1 is 1.50 bits per heavy atom. The van der Waals surface area contributed by atoms with E-state index < -0.39 is 12.2 Å². The van der Waals surface area contributed by atoms with Gasteiger partial charge in [-0.25, -0.2) is 0 Å². The molecule has 14 heavy (non-hydrogen) atoms. The number of aryl methyl sites for hydroxylation is 1. The molecule has 1 aromatic heterocycles. The largest absolute Gasteiger partial charge is 0.397 e. The van der Waals surface area contributed by atoms with Crippen LogP contribution in [0.5, 0.6) is 0 Å². The molecule has 0 aliphatic carbocycles. The van der Waals surface area contributed by atoms with Gasteiger partial charge in [0.15, 0.2) is 0 Å². The van der Waals surface area contributed by atoms with E-state index in [1.807, 2.05) is 0 Å². The first-order valence-corrected chi connectivity index (χ1v) is 5.33. The van der Waals surface area contributed by atoms with Crippen LogP contribution in [0, 0.1) is 6.92 Å². The average molecular weight is 261 g/mol. The maximum atomic E-state index is 9.67. The van der Waals surface area contributed by atoms with Crippen molar-refractivity contribution in [3.05, 3.63) is 23.5 Å². The van der Waals surface area contributed by atoms with Crippen molar-refractivity contribution in [2.45, 2.75) is 19.1 Å². The van der Waals surface area contributed by atoms with Gasteiger partial charge in [0.05, 0.1) is 17.5 Å². The number of nitrogen functional groups attached to an aromatic ring is 1. The molecule has 0 amide bonds. The van der Waals surface area contributed by atoms with Crippen molar-refractivity contribution >= 4 is 21.6 Å². The molecule has 0 spiro atoms. The molecule has 0 aromatic carbocycles.